The Hall–Kier alpha value is -1.16. The third kappa shape index (κ3) is 30.8. The molecule has 12 nitrogen and oxygen atoms in total. The second-order valence-corrected chi connectivity index (χ2v) is 17.4. The molecule has 6 unspecified atom stereocenters. The molecule has 0 saturated carbocycles. The normalized spacial score (nSPS) is 20.6. The Morgan fingerprint density at radius 2 is 1.12 bits per heavy atom. The highest BCUT2D eigenvalue weighted by molar-refractivity contribution is 7.80. The minimum absolute atomic E-state index is 0.0366. The molecule has 6 atom stereocenters. The van der Waals surface area contributed by atoms with E-state index < -0.39 is 59.8 Å². The summed E-state index contributed by atoms with van der Waals surface area (Å²) in [6.07, 6.45) is 31.1. The fourth-order valence-corrected chi connectivity index (χ4v) is 7.83. The average molecular weight is 851 g/mol. The van der Waals surface area contributed by atoms with E-state index in [-0.39, 0.29) is 19.6 Å². The lowest BCUT2D eigenvalue weighted by molar-refractivity contribution is -0.301. The molecule has 1 saturated heterocycles. The van der Waals surface area contributed by atoms with Crippen LogP contribution < -0.4 is 0 Å². The smallest absolute Gasteiger partial charge is 0.397 e. The molecule has 13 heteroatoms. The summed E-state index contributed by atoms with van der Waals surface area (Å²) in [7, 11) is -5.06. The molecule has 4 N–H and O–H groups in total. The number of ether oxygens (including phenoxy) is 4. The van der Waals surface area contributed by atoms with Gasteiger partial charge < -0.3 is 34.3 Å². The third-order valence-electron chi connectivity index (χ3n) is 10.9. The molecule has 344 valence electrons. The van der Waals surface area contributed by atoms with E-state index in [2.05, 4.69) is 30.2 Å². The SMILES string of the molecule is CCC/C=C\CCCCCCCCOCC(COC1OC(CO)C(O)C(OS(=O)(=O)O)C1O)OC(=O)CCCCCCCCCCCCCCCCCCCCCC. The quantitative estimate of drug-likeness (QED) is 0.0198. The maximum Gasteiger partial charge on any atom is 0.397 e. The summed E-state index contributed by atoms with van der Waals surface area (Å²) >= 11 is 0. The maximum atomic E-state index is 12.8. The number of carbonyl (C=O) groups is 1. The average Bonchev–Trinajstić information content (AvgIpc) is 3.19. The van der Waals surface area contributed by atoms with Crippen molar-refractivity contribution >= 4 is 16.4 Å². The van der Waals surface area contributed by atoms with Gasteiger partial charge in [0.05, 0.1) is 19.8 Å². The molecule has 1 fully saturated rings. The van der Waals surface area contributed by atoms with Crippen molar-refractivity contribution in [1.82, 2.24) is 0 Å². The minimum Gasteiger partial charge on any atom is -0.457 e. The number of aliphatic hydroxyl groups is 3. The van der Waals surface area contributed by atoms with Gasteiger partial charge in [-0.1, -0.05) is 180 Å². The summed E-state index contributed by atoms with van der Waals surface area (Å²) in [6.45, 7) is 3.95. The number of hydrogen-bond donors (Lipinski definition) is 4. The number of allylic oxidation sites excluding steroid dienone is 2. The summed E-state index contributed by atoms with van der Waals surface area (Å²) in [6, 6.07) is 0. The van der Waals surface area contributed by atoms with Gasteiger partial charge in [-0.2, -0.15) is 8.42 Å². The van der Waals surface area contributed by atoms with Gasteiger partial charge in [-0.3, -0.25) is 9.35 Å². The molecule has 0 aromatic carbocycles. The Kier molecular flexibility index (Phi) is 35.6. The Bertz CT molecular complexity index is 1070. The van der Waals surface area contributed by atoms with Gasteiger partial charge >= 0.3 is 16.4 Å². The topological polar surface area (TPSA) is 178 Å². The van der Waals surface area contributed by atoms with Gasteiger partial charge in [0.1, 0.15) is 30.5 Å². The van der Waals surface area contributed by atoms with Crippen LogP contribution in [0.15, 0.2) is 12.2 Å². The summed E-state index contributed by atoms with van der Waals surface area (Å²) in [5, 5.41) is 30.6. The van der Waals surface area contributed by atoms with Crippen LogP contribution in [0.5, 0.6) is 0 Å². The first-order valence-electron chi connectivity index (χ1n) is 23.4. The summed E-state index contributed by atoms with van der Waals surface area (Å²) in [5.41, 5.74) is 0. The van der Waals surface area contributed by atoms with Gasteiger partial charge in [0, 0.05) is 13.0 Å². The Balaban J connectivity index is 2.36. The lowest BCUT2D eigenvalue weighted by Gasteiger charge is -2.41. The number of aliphatic hydroxyl groups excluding tert-OH is 3. The second-order valence-electron chi connectivity index (χ2n) is 16.4. The summed E-state index contributed by atoms with van der Waals surface area (Å²) in [5.74, 6) is -0.398. The summed E-state index contributed by atoms with van der Waals surface area (Å²) < 4.78 is 59.0. The second kappa shape index (κ2) is 37.6. The Morgan fingerprint density at radius 3 is 1.62 bits per heavy atom. The summed E-state index contributed by atoms with van der Waals surface area (Å²) in [4.78, 5) is 12.8. The van der Waals surface area contributed by atoms with Crippen molar-refractivity contribution in [1.29, 1.82) is 0 Å². The van der Waals surface area contributed by atoms with Gasteiger partial charge in [0.25, 0.3) is 0 Å². The largest absolute Gasteiger partial charge is 0.457 e. The molecule has 0 amide bonds. The van der Waals surface area contributed by atoms with Gasteiger partial charge in [-0.25, -0.2) is 4.18 Å². The lowest BCUT2D eigenvalue weighted by atomic mass is 9.99. The lowest BCUT2D eigenvalue weighted by Crippen LogP contribution is -2.60. The standard InChI is InChI=1S/C45H86O12S/c1-3-5-7-9-11-13-15-16-17-18-19-20-21-22-23-24-26-28-30-32-34-41(47)55-39(37-53-35-33-31-29-27-25-14-12-10-8-6-4-2)38-54-45-43(49)44(57-58(50,51)52)42(48)40(36-46)56-45/h8,10,39-40,42-46,48-49H,3-7,9,11-38H2,1-2H3,(H,50,51,52)/b10-8-. The number of hydrogen-bond acceptors (Lipinski definition) is 11. The van der Waals surface area contributed by atoms with Crippen LogP contribution in [0.1, 0.15) is 206 Å². The highest BCUT2D eigenvalue weighted by Gasteiger charge is 2.48. The van der Waals surface area contributed by atoms with Crippen molar-refractivity contribution in [2.45, 2.75) is 243 Å². The Labute approximate surface area is 353 Å². The van der Waals surface area contributed by atoms with Crippen LogP contribution in [-0.4, -0.2) is 97.5 Å². The zero-order valence-corrected chi connectivity index (χ0v) is 37.4. The molecule has 0 radical (unpaired) electrons. The van der Waals surface area contributed by atoms with Crippen molar-refractivity contribution < 1.29 is 56.2 Å². The predicted octanol–water partition coefficient (Wildman–Crippen LogP) is 9.86. The van der Waals surface area contributed by atoms with Crippen LogP contribution >= 0.6 is 0 Å². The van der Waals surface area contributed by atoms with Crippen LogP contribution in [0.2, 0.25) is 0 Å². The predicted molar refractivity (Wildman–Crippen MR) is 230 cm³/mol. The monoisotopic (exact) mass is 851 g/mol. The van der Waals surface area contributed by atoms with E-state index in [1.165, 1.54) is 128 Å². The number of carbonyl (C=O) groups excluding carboxylic acids is 1. The van der Waals surface area contributed by atoms with Crippen LogP contribution in [0.4, 0.5) is 0 Å². The zero-order chi connectivity index (χ0) is 42.5. The van der Waals surface area contributed by atoms with Crippen LogP contribution in [0, 0.1) is 0 Å². The van der Waals surface area contributed by atoms with Crippen LogP contribution in [0.3, 0.4) is 0 Å². The zero-order valence-electron chi connectivity index (χ0n) is 36.6. The minimum atomic E-state index is -5.06. The highest BCUT2D eigenvalue weighted by Crippen LogP contribution is 2.26. The number of rotatable bonds is 41. The molecule has 1 rings (SSSR count). The van der Waals surface area contributed by atoms with Crippen LogP contribution in [-0.2, 0) is 38.3 Å². The molecule has 58 heavy (non-hydrogen) atoms. The van der Waals surface area contributed by atoms with Gasteiger partial charge in [0.15, 0.2) is 6.29 Å². The maximum absolute atomic E-state index is 12.8. The van der Waals surface area contributed by atoms with E-state index in [0.29, 0.717) is 13.0 Å². The van der Waals surface area contributed by atoms with Gasteiger partial charge in [0.2, 0.25) is 0 Å². The first-order chi connectivity index (χ1) is 28.1. The van der Waals surface area contributed by atoms with Crippen LogP contribution in [0.25, 0.3) is 0 Å². The Morgan fingerprint density at radius 1 is 0.638 bits per heavy atom. The molecule has 0 spiro atoms. The van der Waals surface area contributed by atoms with E-state index in [1.54, 1.807) is 0 Å². The number of esters is 1. The van der Waals surface area contributed by atoms with E-state index in [1.807, 2.05) is 0 Å². The number of unbranched alkanes of at least 4 members (excludes halogenated alkanes) is 26. The van der Waals surface area contributed by atoms with E-state index in [9.17, 15) is 28.5 Å². The highest BCUT2D eigenvalue weighted by atomic mass is 32.3. The fourth-order valence-electron chi connectivity index (χ4n) is 7.32. The molecule has 0 aromatic rings. The van der Waals surface area contributed by atoms with E-state index in [4.69, 9.17) is 23.5 Å². The van der Waals surface area contributed by atoms with Crippen molar-refractivity contribution in [2.75, 3.05) is 26.4 Å². The van der Waals surface area contributed by atoms with E-state index >= 15 is 0 Å². The molecule has 1 aliphatic rings. The third-order valence-corrected chi connectivity index (χ3v) is 11.3. The molecule has 0 aliphatic carbocycles. The molecule has 1 heterocycles. The molecular formula is C45H86O12S. The van der Waals surface area contributed by atoms with Gasteiger partial charge in [-0.15, -0.1) is 0 Å². The van der Waals surface area contributed by atoms with E-state index in [0.717, 1.165) is 51.4 Å². The molecule has 0 bridgehead atoms. The van der Waals surface area contributed by atoms with Crippen molar-refractivity contribution in [3.63, 3.8) is 0 Å². The molecule has 1 aliphatic heterocycles. The molecular weight excluding hydrogens is 765 g/mol. The first kappa shape index (κ1) is 54.9. The van der Waals surface area contributed by atoms with Crippen molar-refractivity contribution in [2.24, 2.45) is 0 Å². The molecule has 0 aromatic heterocycles. The first-order valence-corrected chi connectivity index (χ1v) is 24.8. The van der Waals surface area contributed by atoms with Crippen molar-refractivity contribution in [3.8, 4) is 0 Å². The fraction of sp³-hybridized carbons (Fsp3) is 0.933. The van der Waals surface area contributed by atoms with Gasteiger partial charge in [-0.05, 0) is 32.1 Å². The van der Waals surface area contributed by atoms with Crippen molar-refractivity contribution in [3.05, 3.63) is 12.2 Å².